The summed E-state index contributed by atoms with van der Waals surface area (Å²) in [7, 11) is 0. The van der Waals surface area contributed by atoms with Gasteiger partial charge in [0.2, 0.25) is 0 Å². The number of halogens is 2. The van der Waals surface area contributed by atoms with Crippen LogP contribution in [0.2, 0.25) is 0 Å². The molecule has 0 aliphatic heterocycles. The summed E-state index contributed by atoms with van der Waals surface area (Å²) in [5, 5.41) is 0. The van der Waals surface area contributed by atoms with E-state index >= 15 is 0 Å². The second kappa shape index (κ2) is 6.66. The van der Waals surface area contributed by atoms with Crippen LogP contribution in [0.1, 0.15) is 39.5 Å². The lowest BCUT2D eigenvalue weighted by Gasteiger charge is -2.10. The molecule has 0 heterocycles. The average molecular weight is 272 g/mol. The Morgan fingerprint density at radius 2 is 1.80 bits per heavy atom. The lowest BCUT2D eigenvalue weighted by molar-refractivity contribution is 0.649. The number of alkyl halides is 2. The van der Waals surface area contributed by atoms with E-state index in [2.05, 4.69) is 45.7 Å². The van der Waals surface area contributed by atoms with E-state index in [1.165, 1.54) is 25.7 Å². The van der Waals surface area contributed by atoms with E-state index in [0.29, 0.717) is 9.65 Å². The third-order valence-electron chi connectivity index (χ3n) is 1.58. The van der Waals surface area contributed by atoms with Crippen LogP contribution in [0.15, 0.2) is 0 Å². The SMILES string of the molecule is CCCCCC(Br)C(C)Br. The summed E-state index contributed by atoms with van der Waals surface area (Å²) >= 11 is 7.17. The quantitative estimate of drug-likeness (QED) is 0.521. The molecule has 0 aromatic carbocycles. The molecule has 0 nitrogen and oxygen atoms in total. The van der Waals surface area contributed by atoms with Crippen molar-refractivity contribution in [2.24, 2.45) is 0 Å². The van der Waals surface area contributed by atoms with Gasteiger partial charge in [0, 0.05) is 9.65 Å². The topological polar surface area (TPSA) is 0 Å². The minimum atomic E-state index is 0.601. The van der Waals surface area contributed by atoms with Crippen molar-refractivity contribution in [1.29, 1.82) is 0 Å². The summed E-state index contributed by atoms with van der Waals surface area (Å²) in [5.41, 5.74) is 0. The average Bonchev–Trinajstić information content (AvgIpc) is 1.88. The lowest BCUT2D eigenvalue weighted by Crippen LogP contribution is -2.08. The predicted molar refractivity (Wildman–Crippen MR) is 55.2 cm³/mol. The van der Waals surface area contributed by atoms with Crippen molar-refractivity contribution in [1.82, 2.24) is 0 Å². The standard InChI is InChI=1S/C8H16Br2/c1-3-4-5-6-8(10)7(2)9/h7-8H,3-6H2,1-2H3. The molecule has 0 fully saturated rings. The van der Waals surface area contributed by atoms with E-state index in [1.54, 1.807) is 0 Å². The van der Waals surface area contributed by atoms with Crippen LogP contribution in [0.5, 0.6) is 0 Å². The van der Waals surface area contributed by atoms with Crippen LogP contribution >= 0.6 is 31.9 Å². The van der Waals surface area contributed by atoms with E-state index in [9.17, 15) is 0 Å². The smallest absolute Gasteiger partial charge is 0.0268 e. The fourth-order valence-electron chi connectivity index (χ4n) is 0.819. The zero-order chi connectivity index (χ0) is 7.98. The molecule has 0 bridgehead atoms. The number of hydrogen-bond acceptors (Lipinski definition) is 0. The van der Waals surface area contributed by atoms with Gasteiger partial charge in [0.1, 0.15) is 0 Å². The molecule has 10 heavy (non-hydrogen) atoms. The van der Waals surface area contributed by atoms with Crippen LogP contribution in [0.25, 0.3) is 0 Å². The van der Waals surface area contributed by atoms with Gasteiger partial charge in [-0.15, -0.1) is 0 Å². The molecule has 0 aromatic rings. The summed E-state index contributed by atoms with van der Waals surface area (Å²) in [6, 6.07) is 0. The van der Waals surface area contributed by atoms with E-state index < -0.39 is 0 Å². The minimum Gasteiger partial charge on any atom is -0.0882 e. The molecule has 2 unspecified atom stereocenters. The molecular formula is C8H16Br2. The Balaban J connectivity index is 3.13. The van der Waals surface area contributed by atoms with Gasteiger partial charge in [0.25, 0.3) is 0 Å². The van der Waals surface area contributed by atoms with E-state index in [-0.39, 0.29) is 0 Å². The highest BCUT2D eigenvalue weighted by Gasteiger charge is 2.08. The Morgan fingerprint density at radius 3 is 2.20 bits per heavy atom. The molecule has 2 atom stereocenters. The third kappa shape index (κ3) is 5.72. The van der Waals surface area contributed by atoms with Crippen molar-refractivity contribution >= 4 is 31.9 Å². The first-order valence-corrected chi connectivity index (χ1v) is 5.79. The van der Waals surface area contributed by atoms with Gasteiger partial charge in [0.05, 0.1) is 0 Å². The molecule has 0 N–H and O–H groups in total. The predicted octanol–water partition coefficient (Wildman–Crippen LogP) is 4.11. The fourth-order valence-corrected chi connectivity index (χ4v) is 1.41. The van der Waals surface area contributed by atoms with Crippen molar-refractivity contribution in [2.45, 2.75) is 49.2 Å². The van der Waals surface area contributed by atoms with E-state index in [1.807, 2.05) is 0 Å². The largest absolute Gasteiger partial charge is 0.0882 e. The van der Waals surface area contributed by atoms with Crippen molar-refractivity contribution in [3.63, 3.8) is 0 Å². The van der Waals surface area contributed by atoms with Gasteiger partial charge in [-0.2, -0.15) is 0 Å². The van der Waals surface area contributed by atoms with Gasteiger partial charge in [-0.3, -0.25) is 0 Å². The summed E-state index contributed by atoms with van der Waals surface area (Å²) in [6.45, 7) is 4.42. The summed E-state index contributed by atoms with van der Waals surface area (Å²) < 4.78 is 0. The van der Waals surface area contributed by atoms with Crippen LogP contribution in [-0.4, -0.2) is 9.65 Å². The highest BCUT2D eigenvalue weighted by molar-refractivity contribution is 9.12. The highest BCUT2D eigenvalue weighted by Crippen LogP contribution is 2.19. The van der Waals surface area contributed by atoms with Crippen LogP contribution in [-0.2, 0) is 0 Å². The van der Waals surface area contributed by atoms with E-state index in [4.69, 9.17) is 0 Å². The van der Waals surface area contributed by atoms with Crippen molar-refractivity contribution in [2.75, 3.05) is 0 Å². The normalized spacial score (nSPS) is 16.8. The molecule has 0 aromatic heterocycles. The number of hydrogen-bond donors (Lipinski definition) is 0. The van der Waals surface area contributed by atoms with Crippen LogP contribution in [0.4, 0.5) is 0 Å². The van der Waals surface area contributed by atoms with Gasteiger partial charge >= 0.3 is 0 Å². The molecule has 0 aliphatic carbocycles. The molecule has 2 heteroatoms. The maximum absolute atomic E-state index is 3.63. The first-order chi connectivity index (χ1) is 4.68. The Morgan fingerprint density at radius 1 is 1.20 bits per heavy atom. The molecular weight excluding hydrogens is 256 g/mol. The maximum Gasteiger partial charge on any atom is 0.0268 e. The second-order valence-corrected chi connectivity index (χ2v) is 5.31. The lowest BCUT2D eigenvalue weighted by atomic mass is 10.1. The van der Waals surface area contributed by atoms with Crippen LogP contribution in [0.3, 0.4) is 0 Å². The van der Waals surface area contributed by atoms with Crippen LogP contribution in [0, 0.1) is 0 Å². The first-order valence-electron chi connectivity index (χ1n) is 3.96. The maximum atomic E-state index is 3.63. The first kappa shape index (κ1) is 11.0. The monoisotopic (exact) mass is 270 g/mol. The van der Waals surface area contributed by atoms with Crippen molar-refractivity contribution in [3.8, 4) is 0 Å². The number of unbranched alkanes of at least 4 members (excludes halogenated alkanes) is 2. The van der Waals surface area contributed by atoms with Crippen molar-refractivity contribution < 1.29 is 0 Å². The molecule has 0 radical (unpaired) electrons. The fraction of sp³-hybridized carbons (Fsp3) is 1.00. The van der Waals surface area contributed by atoms with Gasteiger partial charge in [0.15, 0.2) is 0 Å². The van der Waals surface area contributed by atoms with Crippen molar-refractivity contribution in [3.05, 3.63) is 0 Å². The zero-order valence-corrected chi connectivity index (χ0v) is 9.91. The second-order valence-electron chi connectivity index (χ2n) is 2.69. The number of rotatable bonds is 5. The Labute approximate surface area is 81.0 Å². The van der Waals surface area contributed by atoms with Gasteiger partial charge in [-0.25, -0.2) is 0 Å². The Bertz CT molecular complexity index is 71.7. The summed E-state index contributed by atoms with van der Waals surface area (Å²) in [5.74, 6) is 0. The molecule has 62 valence electrons. The molecule has 0 saturated heterocycles. The molecule has 0 saturated carbocycles. The zero-order valence-electron chi connectivity index (χ0n) is 6.74. The van der Waals surface area contributed by atoms with Crippen LogP contribution < -0.4 is 0 Å². The third-order valence-corrected chi connectivity index (χ3v) is 4.18. The Hall–Kier alpha value is 0.960. The van der Waals surface area contributed by atoms with Gasteiger partial charge in [-0.1, -0.05) is 65.0 Å². The minimum absolute atomic E-state index is 0.601. The molecule has 0 aliphatic rings. The summed E-state index contributed by atoms with van der Waals surface area (Å²) in [4.78, 5) is 1.25. The van der Waals surface area contributed by atoms with Gasteiger partial charge in [-0.05, 0) is 6.42 Å². The Kier molecular flexibility index (Phi) is 7.30. The van der Waals surface area contributed by atoms with Gasteiger partial charge < -0.3 is 0 Å². The van der Waals surface area contributed by atoms with E-state index in [0.717, 1.165) is 0 Å². The molecule has 0 spiro atoms. The summed E-state index contributed by atoms with van der Waals surface area (Å²) in [6.07, 6.45) is 5.32. The molecule has 0 amide bonds. The highest BCUT2D eigenvalue weighted by atomic mass is 79.9. The molecule has 0 rings (SSSR count).